The number of amides is 1. The van der Waals surface area contributed by atoms with Gasteiger partial charge in [0.1, 0.15) is 0 Å². The Morgan fingerprint density at radius 1 is 0.923 bits per heavy atom. The summed E-state index contributed by atoms with van der Waals surface area (Å²) in [7, 11) is 0. The number of rotatable bonds is 7. The Morgan fingerprint density at radius 3 is 2.15 bits per heavy atom. The second kappa shape index (κ2) is 9.39. The molecule has 26 heavy (non-hydrogen) atoms. The third-order valence-corrected chi connectivity index (χ3v) is 5.09. The van der Waals surface area contributed by atoms with Gasteiger partial charge in [-0.3, -0.25) is 9.69 Å². The van der Waals surface area contributed by atoms with Crippen molar-refractivity contribution in [1.29, 1.82) is 0 Å². The highest BCUT2D eigenvalue weighted by Gasteiger charge is 2.21. The molecule has 0 radical (unpaired) electrons. The molecule has 1 aliphatic rings. The number of carbonyl (C=O) groups excluding carboxylic acids is 1. The maximum absolute atomic E-state index is 12.6. The molecule has 0 atom stereocenters. The Labute approximate surface area is 157 Å². The van der Waals surface area contributed by atoms with Crippen LogP contribution in [-0.4, -0.2) is 55.0 Å². The first-order chi connectivity index (χ1) is 12.8. The van der Waals surface area contributed by atoms with Crippen LogP contribution in [0.25, 0.3) is 0 Å². The van der Waals surface area contributed by atoms with Crippen molar-refractivity contribution in [2.75, 3.05) is 44.2 Å². The summed E-state index contributed by atoms with van der Waals surface area (Å²) < 4.78 is 0. The molecule has 1 fully saturated rings. The summed E-state index contributed by atoms with van der Waals surface area (Å²) in [6.07, 6.45) is 0.603. The van der Waals surface area contributed by atoms with Crippen molar-refractivity contribution >= 4 is 11.6 Å². The Balaban J connectivity index is 1.43. The maximum Gasteiger partial charge on any atom is 0.223 e. The minimum Gasteiger partial charge on any atom is -0.368 e. The molecule has 0 spiro atoms. The Hall–Kier alpha value is -2.33. The molecule has 4 heteroatoms. The van der Waals surface area contributed by atoms with Crippen molar-refractivity contribution in [3.8, 4) is 0 Å². The van der Waals surface area contributed by atoms with E-state index in [2.05, 4.69) is 65.3 Å². The quantitative estimate of drug-likeness (QED) is 0.766. The highest BCUT2D eigenvalue weighted by Crippen LogP contribution is 2.16. The fourth-order valence-corrected chi connectivity index (χ4v) is 3.46. The summed E-state index contributed by atoms with van der Waals surface area (Å²) >= 11 is 0. The van der Waals surface area contributed by atoms with Gasteiger partial charge in [0.15, 0.2) is 0 Å². The molecule has 0 saturated carbocycles. The van der Waals surface area contributed by atoms with Gasteiger partial charge < -0.3 is 9.80 Å². The molecule has 1 saturated heterocycles. The van der Waals surface area contributed by atoms with Gasteiger partial charge in [-0.05, 0) is 24.2 Å². The number of para-hydroxylation sites is 1. The Kier molecular flexibility index (Phi) is 6.67. The van der Waals surface area contributed by atoms with Crippen LogP contribution in [0.4, 0.5) is 5.69 Å². The highest BCUT2D eigenvalue weighted by atomic mass is 16.2. The lowest BCUT2D eigenvalue weighted by Gasteiger charge is -2.36. The fraction of sp³-hybridized carbons (Fsp3) is 0.409. The van der Waals surface area contributed by atoms with E-state index in [1.165, 1.54) is 11.3 Å². The van der Waals surface area contributed by atoms with Crippen molar-refractivity contribution < 1.29 is 4.79 Å². The average Bonchev–Trinajstić information content (AvgIpc) is 2.72. The summed E-state index contributed by atoms with van der Waals surface area (Å²) in [6.45, 7) is 8.32. The van der Waals surface area contributed by atoms with Crippen LogP contribution in [0.2, 0.25) is 0 Å². The van der Waals surface area contributed by atoms with Crippen LogP contribution in [0.3, 0.4) is 0 Å². The van der Waals surface area contributed by atoms with E-state index in [4.69, 9.17) is 0 Å². The number of carbonyl (C=O) groups is 1. The van der Waals surface area contributed by atoms with Crippen LogP contribution in [0.5, 0.6) is 0 Å². The van der Waals surface area contributed by atoms with Crippen molar-refractivity contribution in [3.05, 3.63) is 66.2 Å². The molecule has 0 bridgehead atoms. The molecule has 0 N–H and O–H groups in total. The van der Waals surface area contributed by atoms with Crippen LogP contribution < -0.4 is 4.90 Å². The summed E-state index contributed by atoms with van der Waals surface area (Å²) in [5.74, 6) is 0.282. The molecule has 0 unspecified atom stereocenters. The SMILES string of the molecule is CCN(CCC(=O)N1CCN(c2ccccc2)CC1)Cc1ccccc1. The van der Waals surface area contributed by atoms with E-state index in [0.717, 1.165) is 45.8 Å². The van der Waals surface area contributed by atoms with Crippen molar-refractivity contribution in [2.45, 2.75) is 19.9 Å². The van der Waals surface area contributed by atoms with Gasteiger partial charge in [0.05, 0.1) is 0 Å². The van der Waals surface area contributed by atoms with Gasteiger partial charge in [-0.25, -0.2) is 0 Å². The van der Waals surface area contributed by atoms with Gasteiger partial charge in [-0.2, -0.15) is 0 Å². The predicted octanol–water partition coefficient (Wildman–Crippen LogP) is 3.25. The lowest BCUT2D eigenvalue weighted by Crippen LogP contribution is -2.49. The number of nitrogens with zero attached hydrogens (tertiary/aromatic N) is 3. The third-order valence-electron chi connectivity index (χ3n) is 5.09. The number of hydrogen-bond donors (Lipinski definition) is 0. The first-order valence-electron chi connectivity index (χ1n) is 9.60. The molecule has 0 aliphatic carbocycles. The molecule has 1 amide bonds. The molecular formula is C22H29N3O. The van der Waals surface area contributed by atoms with Crippen LogP contribution in [0.15, 0.2) is 60.7 Å². The Morgan fingerprint density at radius 2 is 1.54 bits per heavy atom. The monoisotopic (exact) mass is 351 g/mol. The summed E-state index contributed by atoms with van der Waals surface area (Å²) in [6, 6.07) is 20.9. The van der Waals surface area contributed by atoms with Crippen LogP contribution >= 0.6 is 0 Å². The molecule has 1 heterocycles. The van der Waals surface area contributed by atoms with Gasteiger partial charge in [0, 0.05) is 51.4 Å². The van der Waals surface area contributed by atoms with Crippen LogP contribution in [0, 0.1) is 0 Å². The van der Waals surface area contributed by atoms with E-state index < -0.39 is 0 Å². The molecule has 3 rings (SSSR count). The third kappa shape index (κ3) is 5.09. The number of piperazine rings is 1. The molecule has 4 nitrogen and oxygen atoms in total. The topological polar surface area (TPSA) is 26.8 Å². The first kappa shape index (κ1) is 18.5. The molecule has 2 aromatic rings. The maximum atomic E-state index is 12.6. The van der Waals surface area contributed by atoms with E-state index in [-0.39, 0.29) is 5.91 Å². The standard InChI is InChI=1S/C22H29N3O/c1-2-23(19-20-9-5-3-6-10-20)14-13-22(26)25-17-15-24(16-18-25)21-11-7-4-8-12-21/h3-12H,2,13-19H2,1H3. The number of anilines is 1. The largest absolute Gasteiger partial charge is 0.368 e. The first-order valence-corrected chi connectivity index (χ1v) is 9.60. The smallest absolute Gasteiger partial charge is 0.223 e. The van der Waals surface area contributed by atoms with Crippen LogP contribution in [-0.2, 0) is 11.3 Å². The van der Waals surface area contributed by atoms with E-state index in [9.17, 15) is 4.79 Å². The van der Waals surface area contributed by atoms with Gasteiger partial charge in [0.25, 0.3) is 0 Å². The second-order valence-corrected chi connectivity index (χ2v) is 6.81. The van der Waals surface area contributed by atoms with Crippen LogP contribution in [0.1, 0.15) is 18.9 Å². The van der Waals surface area contributed by atoms with E-state index in [1.54, 1.807) is 0 Å². The predicted molar refractivity (Wildman–Crippen MR) is 107 cm³/mol. The fourth-order valence-electron chi connectivity index (χ4n) is 3.46. The van der Waals surface area contributed by atoms with Crippen molar-refractivity contribution in [1.82, 2.24) is 9.80 Å². The lowest BCUT2D eigenvalue weighted by molar-refractivity contribution is -0.131. The van der Waals surface area contributed by atoms with E-state index in [1.807, 2.05) is 17.0 Å². The molecule has 0 aromatic heterocycles. The minimum atomic E-state index is 0.282. The van der Waals surface area contributed by atoms with Crippen molar-refractivity contribution in [3.63, 3.8) is 0 Å². The van der Waals surface area contributed by atoms with E-state index >= 15 is 0 Å². The number of benzene rings is 2. The molecular weight excluding hydrogens is 322 g/mol. The lowest BCUT2D eigenvalue weighted by atomic mass is 10.2. The zero-order chi connectivity index (χ0) is 18.2. The van der Waals surface area contributed by atoms with Gasteiger partial charge in [0.2, 0.25) is 5.91 Å². The highest BCUT2D eigenvalue weighted by molar-refractivity contribution is 5.76. The van der Waals surface area contributed by atoms with E-state index in [0.29, 0.717) is 6.42 Å². The molecule has 2 aromatic carbocycles. The normalized spacial score (nSPS) is 14.7. The molecule has 138 valence electrons. The Bertz CT molecular complexity index is 666. The van der Waals surface area contributed by atoms with Crippen molar-refractivity contribution in [2.24, 2.45) is 0 Å². The summed E-state index contributed by atoms with van der Waals surface area (Å²) in [4.78, 5) is 19.3. The number of hydrogen-bond acceptors (Lipinski definition) is 3. The average molecular weight is 351 g/mol. The second-order valence-electron chi connectivity index (χ2n) is 6.81. The zero-order valence-corrected chi connectivity index (χ0v) is 15.7. The molecule has 1 aliphatic heterocycles. The van der Waals surface area contributed by atoms with Gasteiger partial charge in [-0.15, -0.1) is 0 Å². The van der Waals surface area contributed by atoms with Gasteiger partial charge in [-0.1, -0.05) is 55.5 Å². The zero-order valence-electron chi connectivity index (χ0n) is 15.7. The van der Waals surface area contributed by atoms with Gasteiger partial charge >= 0.3 is 0 Å². The summed E-state index contributed by atoms with van der Waals surface area (Å²) in [5, 5.41) is 0. The summed E-state index contributed by atoms with van der Waals surface area (Å²) in [5.41, 5.74) is 2.55. The minimum absolute atomic E-state index is 0.282.